The van der Waals surface area contributed by atoms with Crippen molar-refractivity contribution in [2.45, 2.75) is 329 Å². The fourth-order valence-corrected chi connectivity index (χ4v) is 9.32. The molecule has 1 atom stereocenters. The van der Waals surface area contributed by atoms with Crippen LogP contribution >= 0.6 is 0 Å². The van der Waals surface area contributed by atoms with Crippen LogP contribution < -0.4 is 0 Å². The molecule has 0 aromatic rings. The molecule has 448 valence electrons. The molecule has 0 amide bonds. The molecule has 0 radical (unpaired) electrons. The third-order valence-electron chi connectivity index (χ3n) is 14.3. The second-order valence-corrected chi connectivity index (χ2v) is 22.0. The Kier molecular flexibility index (Phi) is 62.7. The van der Waals surface area contributed by atoms with Crippen molar-refractivity contribution in [1.82, 2.24) is 0 Å². The van der Waals surface area contributed by atoms with Gasteiger partial charge < -0.3 is 14.2 Å². The lowest BCUT2D eigenvalue weighted by atomic mass is 10.1. The number of unbranched alkanes of at least 4 members (excludes halogenated alkanes) is 33. The molecule has 6 nitrogen and oxygen atoms in total. The summed E-state index contributed by atoms with van der Waals surface area (Å²) < 4.78 is 16.9. The van der Waals surface area contributed by atoms with Gasteiger partial charge in [-0.05, 0) is 122 Å². The fraction of sp³-hybridized carbons (Fsp3) is 0.736. The summed E-state index contributed by atoms with van der Waals surface area (Å²) in [6.45, 7) is 6.52. The summed E-state index contributed by atoms with van der Waals surface area (Å²) in [6.07, 6.45) is 88.4. The first-order chi connectivity index (χ1) is 38.5. The molecular formula is C72H124O6. The molecule has 1 unspecified atom stereocenters. The Bertz CT molecular complexity index is 1530. The van der Waals surface area contributed by atoms with Gasteiger partial charge in [-0.3, -0.25) is 14.4 Å². The van der Waals surface area contributed by atoms with Crippen LogP contribution in [-0.4, -0.2) is 37.2 Å². The summed E-state index contributed by atoms with van der Waals surface area (Å²) in [5.74, 6) is -0.933. The van der Waals surface area contributed by atoms with E-state index in [2.05, 4.69) is 118 Å². The van der Waals surface area contributed by atoms with Crippen molar-refractivity contribution in [1.29, 1.82) is 0 Å². The van der Waals surface area contributed by atoms with Crippen LogP contribution in [0.2, 0.25) is 0 Å². The lowest BCUT2D eigenvalue weighted by Crippen LogP contribution is -2.30. The van der Waals surface area contributed by atoms with E-state index in [1.54, 1.807) is 0 Å². The number of carbonyl (C=O) groups is 3. The van der Waals surface area contributed by atoms with Gasteiger partial charge in [0.2, 0.25) is 0 Å². The van der Waals surface area contributed by atoms with Gasteiger partial charge in [0.1, 0.15) is 13.2 Å². The number of carbonyl (C=O) groups excluding carboxylic acids is 3. The van der Waals surface area contributed by atoms with Crippen LogP contribution in [0.4, 0.5) is 0 Å². The molecule has 0 fully saturated rings. The van der Waals surface area contributed by atoms with E-state index < -0.39 is 6.10 Å². The number of allylic oxidation sites excluding steroid dienone is 16. The molecular weight excluding hydrogens is 961 g/mol. The zero-order valence-electron chi connectivity index (χ0n) is 51.4. The van der Waals surface area contributed by atoms with Crippen LogP contribution in [0.15, 0.2) is 97.2 Å². The lowest BCUT2D eigenvalue weighted by Gasteiger charge is -2.18. The minimum atomic E-state index is -0.801. The summed E-state index contributed by atoms with van der Waals surface area (Å²) in [4.78, 5) is 38.4. The van der Waals surface area contributed by atoms with Gasteiger partial charge >= 0.3 is 17.9 Å². The minimum Gasteiger partial charge on any atom is -0.462 e. The summed E-state index contributed by atoms with van der Waals surface area (Å²) in [7, 11) is 0. The van der Waals surface area contributed by atoms with E-state index in [9.17, 15) is 14.4 Å². The average Bonchev–Trinajstić information content (AvgIpc) is 3.44. The van der Waals surface area contributed by atoms with E-state index in [-0.39, 0.29) is 31.1 Å². The van der Waals surface area contributed by atoms with Crippen molar-refractivity contribution in [2.75, 3.05) is 13.2 Å². The summed E-state index contributed by atoms with van der Waals surface area (Å²) in [5.41, 5.74) is 0. The number of rotatable bonds is 60. The lowest BCUT2D eigenvalue weighted by molar-refractivity contribution is -0.167. The predicted molar refractivity (Wildman–Crippen MR) is 339 cm³/mol. The minimum absolute atomic E-state index is 0.0936. The Balaban J connectivity index is 4.46. The molecule has 0 aromatic heterocycles. The monoisotopic (exact) mass is 1080 g/mol. The summed E-state index contributed by atoms with van der Waals surface area (Å²) >= 11 is 0. The number of hydrogen-bond acceptors (Lipinski definition) is 6. The summed E-state index contributed by atoms with van der Waals surface area (Å²) in [6, 6.07) is 0. The zero-order valence-corrected chi connectivity index (χ0v) is 51.4. The Morgan fingerprint density at radius 3 is 0.821 bits per heavy atom. The van der Waals surface area contributed by atoms with E-state index in [1.807, 2.05) is 0 Å². The highest BCUT2D eigenvalue weighted by Crippen LogP contribution is 2.16. The Labute approximate surface area is 483 Å². The first kappa shape index (κ1) is 74.3. The normalized spacial score (nSPS) is 12.7. The van der Waals surface area contributed by atoms with Crippen LogP contribution in [0.1, 0.15) is 323 Å². The first-order valence-electron chi connectivity index (χ1n) is 33.2. The maximum atomic E-state index is 12.9. The van der Waals surface area contributed by atoms with Crippen molar-refractivity contribution in [3.63, 3.8) is 0 Å². The molecule has 0 aliphatic heterocycles. The molecule has 0 aliphatic carbocycles. The molecule has 0 saturated carbocycles. The smallest absolute Gasteiger partial charge is 0.306 e. The quantitative estimate of drug-likeness (QED) is 0.0261. The Morgan fingerprint density at radius 1 is 0.269 bits per heavy atom. The van der Waals surface area contributed by atoms with E-state index in [0.29, 0.717) is 19.3 Å². The molecule has 0 bridgehead atoms. The van der Waals surface area contributed by atoms with Crippen LogP contribution in [0.25, 0.3) is 0 Å². The van der Waals surface area contributed by atoms with Gasteiger partial charge in [-0.15, -0.1) is 0 Å². The topological polar surface area (TPSA) is 78.9 Å². The van der Waals surface area contributed by atoms with Gasteiger partial charge in [-0.1, -0.05) is 279 Å². The van der Waals surface area contributed by atoms with Gasteiger partial charge in [0, 0.05) is 19.3 Å². The van der Waals surface area contributed by atoms with Crippen molar-refractivity contribution >= 4 is 17.9 Å². The third kappa shape index (κ3) is 63.2. The highest BCUT2D eigenvalue weighted by atomic mass is 16.6. The third-order valence-corrected chi connectivity index (χ3v) is 14.3. The molecule has 0 saturated heterocycles. The first-order valence-corrected chi connectivity index (χ1v) is 33.2. The fourth-order valence-electron chi connectivity index (χ4n) is 9.32. The maximum Gasteiger partial charge on any atom is 0.306 e. The molecule has 0 aliphatic rings. The van der Waals surface area contributed by atoms with Crippen LogP contribution in [0, 0.1) is 0 Å². The van der Waals surface area contributed by atoms with Gasteiger partial charge in [0.15, 0.2) is 6.10 Å². The molecule has 6 heteroatoms. The standard InChI is InChI=1S/C72H124O6/c1-4-7-10-13-16-19-22-25-28-31-34-36-38-41-44-47-50-53-56-59-62-65-71(74)77-68-69(67-76-70(73)64-61-58-55-52-49-46-43-40-33-30-27-24-21-18-15-12-9-6-3)78-72(75)66-63-60-57-54-51-48-45-42-39-37-35-32-29-26-23-20-17-14-11-8-5-2/h7,10,16,19,25,28,30,32-36,41,44,50,53,69H,4-6,8-9,11-15,17-18,20-24,26-27,29,31,37-40,42-43,45-49,51-52,54-68H2,1-3H3/b10-7-,19-16-,28-25-,33-30-,35-32-,36-34-,44-41-,53-50-. The van der Waals surface area contributed by atoms with E-state index >= 15 is 0 Å². The zero-order chi connectivity index (χ0) is 56.4. The number of ether oxygens (including phenoxy) is 3. The second-order valence-electron chi connectivity index (χ2n) is 22.0. The molecule has 0 N–H and O–H groups in total. The second kappa shape index (κ2) is 65.8. The molecule has 0 heterocycles. The highest BCUT2D eigenvalue weighted by Gasteiger charge is 2.19. The SMILES string of the molecule is CC/C=C\C/C=C\C/C=C\C/C=C\C/C=C\C/C=C\CCCCC(=O)OCC(COC(=O)CCCCCCCCC/C=C\CCCCCCCCC)OC(=O)CCCCCCCCCCC/C=C\CCCCCCCCCC. The van der Waals surface area contributed by atoms with Gasteiger partial charge in [-0.25, -0.2) is 0 Å². The number of esters is 3. The Hall–Kier alpha value is -3.67. The van der Waals surface area contributed by atoms with Gasteiger partial charge in [-0.2, -0.15) is 0 Å². The van der Waals surface area contributed by atoms with E-state index in [0.717, 1.165) is 96.3 Å². The molecule has 0 rings (SSSR count). The van der Waals surface area contributed by atoms with Gasteiger partial charge in [0.05, 0.1) is 0 Å². The van der Waals surface area contributed by atoms with Gasteiger partial charge in [0.25, 0.3) is 0 Å². The van der Waals surface area contributed by atoms with Crippen molar-refractivity contribution in [2.24, 2.45) is 0 Å². The van der Waals surface area contributed by atoms with E-state index in [1.165, 1.54) is 186 Å². The van der Waals surface area contributed by atoms with Crippen LogP contribution in [0.3, 0.4) is 0 Å². The highest BCUT2D eigenvalue weighted by molar-refractivity contribution is 5.71. The molecule has 0 aromatic carbocycles. The molecule has 78 heavy (non-hydrogen) atoms. The van der Waals surface area contributed by atoms with E-state index in [4.69, 9.17) is 14.2 Å². The largest absolute Gasteiger partial charge is 0.462 e. The van der Waals surface area contributed by atoms with Crippen molar-refractivity contribution < 1.29 is 28.6 Å². The van der Waals surface area contributed by atoms with Crippen molar-refractivity contribution in [3.05, 3.63) is 97.2 Å². The van der Waals surface area contributed by atoms with Crippen LogP contribution in [-0.2, 0) is 28.6 Å². The Morgan fingerprint density at radius 2 is 0.500 bits per heavy atom. The maximum absolute atomic E-state index is 12.9. The average molecular weight is 1090 g/mol. The van der Waals surface area contributed by atoms with Crippen LogP contribution in [0.5, 0.6) is 0 Å². The molecule has 0 spiro atoms. The summed E-state index contributed by atoms with van der Waals surface area (Å²) in [5, 5.41) is 0. The van der Waals surface area contributed by atoms with Crippen molar-refractivity contribution in [3.8, 4) is 0 Å². The predicted octanol–water partition coefficient (Wildman–Crippen LogP) is 22.8. The number of hydrogen-bond donors (Lipinski definition) is 0.